The summed E-state index contributed by atoms with van der Waals surface area (Å²) in [7, 11) is 0. The molecular formula is C22H28ClNO2. The van der Waals surface area contributed by atoms with E-state index in [9.17, 15) is 5.11 Å². The normalized spacial score (nSPS) is 21.1. The molecule has 2 aromatic carbocycles. The number of aliphatic hydroxyl groups is 1. The van der Waals surface area contributed by atoms with Crippen LogP contribution in [0.25, 0.3) is 0 Å². The molecule has 1 saturated heterocycles. The summed E-state index contributed by atoms with van der Waals surface area (Å²) in [5, 5.41) is 11.6. The van der Waals surface area contributed by atoms with Crippen molar-refractivity contribution in [1.29, 1.82) is 0 Å². The highest BCUT2D eigenvalue weighted by atomic mass is 35.5. The van der Waals surface area contributed by atoms with Gasteiger partial charge in [-0.15, -0.1) is 0 Å². The standard InChI is InChI=1S/C22H28ClNO2/c1-17(2)19-9-7-18(8-10-19)14-24-12-4-11-22(25,15-24)16-26-21-6-3-5-20(23)13-21/h3,5-10,13,17,25H,4,11-12,14-16H2,1-2H3. The van der Waals surface area contributed by atoms with Crippen LogP contribution in [0.4, 0.5) is 0 Å². The minimum absolute atomic E-state index is 0.288. The lowest BCUT2D eigenvalue weighted by molar-refractivity contribution is -0.0621. The summed E-state index contributed by atoms with van der Waals surface area (Å²) in [6, 6.07) is 16.1. The highest BCUT2D eigenvalue weighted by Crippen LogP contribution is 2.25. The van der Waals surface area contributed by atoms with E-state index < -0.39 is 5.60 Å². The smallest absolute Gasteiger partial charge is 0.120 e. The molecule has 26 heavy (non-hydrogen) atoms. The van der Waals surface area contributed by atoms with Crippen molar-refractivity contribution in [2.24, 2.45) is 0 Å². The summed E-state index contributed by atoms with van der Waals surface area (Å²) in [4.78, 5) is 2.31. The molecule has 140 valence electrons. The van der Waals surface area contributed by atoms with Gasteiger partial charge in [-0.1, -0.05) is 55.8 Å². The molecule has 4 heteroatoms. The molecule has 1 atom stereocenters. The Hall–Kier alpha value is -1.55. The van der Waals surface area contributed by atoms with Gasteiger partial charge in [0.15, 0.2) is 0 Å². The van der Waals surface area contributed by atoms with Crippen LogP contribution in [-0.4, -0.2) is 35.3 Å². The Morgan fingerprint density at radius 2 is 1.96 bits per heavy atom. The number of benzene rings is 2. The number of hydrogen-bond donors (Lipinski definition) is 1. The molecular weight excluding hydrogens is 346 g/mol. The summed E-state index contributed by atoms with van der Waals surface area (Å²) >= 11 is 5.99. The van der Waals surface area contributed by atoms with E-state index in [0.717, 1.165) is 25.9 Å². The van der Waals surface area contributed by atoms with Crippen molar-refractivity contribution in [2.45, 2.75) is 44.8 Å². The number of β-amino-alcohol motifs (C(OH)–C–C–N with tert-alkyl or cyclic N) is 1. The molecule has 1 aliphatic rings. The average molecular weight is 374 g/mol. The largest absolute Gasteiger partial charge is 0.490 e. The lowest BCUT2D eigenvalue weighted by atomic mass is 9.93. The molecule has 1 fully saturated rings. The summed E-state index contributed by atoms with van der Waals surface area (Å²) in [5.74, 6) is 1.25. The van der Waals surface area contributed by atoms with Crippen LogP contribution in [0.5, 0.6) is 5.75 Å². The zero-order valence-electron chi connectivity index (χ0n) is 15.6. The van der Waals surface area contributed by atoms with Gasteiger partial charge in [-0.2, -0.15) is 0 Å². The van der Waals surface area contributed by atoms with Gasteiger partial charge in [0.2, 0.25) is 0 Å². The second kappa shape index (κ2) is 8.43. The molecule has 1 heterocycles. The monoisotopic (exact) mass is 373 g/mol. The predicted molar refractivity (Wildman–Crippen MR) is 107 cm³/mol. The second-order valence-electron chi connectivity index (χ2n) is 7.68. The van der Waals surface area contributed by atoms with E-state index in [1.165, 1.54) is 11.1 Å². The maximum Gasteiger partial charge on any atom is 0.120 e. The average Bonchev–Trinajstić information content (AvgIpc) is 2.61. The summed E-state index contributed by atoms with van der Waals surface area (Å²) < 4.78 is 5.81. The number of nitrogens with zero attached hydrogens (tertiary/aromatic N) is 1. The van der Waals surface area contributed by atoms with E-state index >= 15 is 0 Å². The number of halogens is 1. The highest BCUT2D eigenvalue weighted by molar-refractivity contribution is 6.30. The fourth-order valence-electron chi connectivity index (χ4n) is 3.50. The minimum Gasteiger partial charge on any atom is -0.490 e. The van der Waals surface area contributed by atoms with Crippen LogP contribution < -0.4 is 4.74 Å². The molecule has 3 nitrogen and oxygen atoms in total. The van der Waals surface area contributed by atoms with E-state index in [0.29, 0.717) is 23.2 Å². The van der Waals surface area contributed by atoms with Crippen molar-refractivity contribution in [2.75, 3.05) is 19.7 Å². The molecule has 1 unspecified atom stereocenters. The zero-order chi connectivity index (χ0) is 18.6. The Morgan fingerprint density at radius 1 is 1.19 bits per heavy atom. The summed E-state index contributed by atoms with van der Waals surface area (Å²) in [6.45, 7) is 7.19. The van der Waals surface area contributed by atoms with Gasteiger partial charge >= 0.3 is 0 Å². The Morgan fingerprint density at radius 3 is 2.65 bits per heavy atom. The molecule has 3 rings (SSSR count). The molecule has 0 amide bonds. The van der Waals surface area contributed by atoms with Gasteiger partial charge in [0, 0.05) is 18.1 Å². The van der Waals surface area contributed by atoms with Crippen LogP contribution in [0.1, 0.15) is 43.7 Å². The maximum absolute atomic E-state index is 11.0. The number of rotatable bonds is 6. The Labute approximate surface area is 161 Å². The molecule has 1 aliphatic heterocycles. The van der Waals surface area contributed by atoms with E-state index in [-0.39, 0.29) is 6.61 Å². The Balaban J connectivity index is 1.57. The van der Waals surface area contributed by atoms with E-state index in [2.05, 4.69) is 43.0 Å². The van der Waals surface area contributed by atoms with Crippen LogP contribution >= 0.6 is 11.6 Å². The second-order valence-corrected chi connectivity index (χ2v) is 8.12. The third-order valence-corrected chi connectivity index (χ3v) is 5.23. The number of ether oxygens (including phenoxy) is 1. The van der Waals surface area contributed by atoms with Crippen LogP contribution in [-0.2, 0) is 6.54 Å². The first kappa shape index (κ1) is 19.2. The third-order valence-electron chi connectivity index (χ3n) is 4.99. The number of piperidine rings is 1. The van der Waals surface area contributed by atoms with Gasteiger partial charge in [0.25, 0.3) is 0 Å². The highest BCUT2D eigenvalue weighted by Gasteiger charge is 2.34. The summed E-state index contributed by atoms with van der Waals surface area (Å²) in [5.41, 5.74) is 1.83. The predicted octanol–water partition coefficient (Wildman–Crippen LogP) is 4.87. The molecule has 0 radical (unpaired) electrons. The molecule has 0 spiro atoms. The van der Waals surface area contributed by atoms with Gasteiger partial charge in [-0.25, -0.2) is 0 Å². The van der Waals surface area contributed by atoms with Gasteiger partial charge in [-0.05, 0) is 54.6 Å². The van der Waals surface area contributed by atoms with Crippen molar-refractivity contribution < 1.29 is 9.84 Å². The molecule has 0 bridgehead atoms. The first-order valence-electron chi connectivity index (χ1n) is 9.35. The van der Waals surface area contributed by atoms with Crippen LogP contribution in [0, 0.1) is 0 Å². The van der Waals surface area contributed by atoms with Gasteiger partial charge < -0.3 is 9.84 Å². The SMILES string of the molecule is CC(C)c1ccc(CN2CCCC(O)(COc3cccc(Cl)c3)C2)cc1. The fourth-order valence-corrected chi connectivity index (χ4v) is 3.68. The van der Waals surface area contributed by atoms with E-state index in [1.807, 2.05) is 18.2 Å². The van der Waals surface area contributed by atoms with Crippen molar-refractivity contribution in [1.82, 2.24) is 4.90 Å². The lowest BCUT2D eigenvalue weighted by Crippen LogP contribution is -2.51. The molecule has 0 saturated carbocycles. The van der Waals surface area contributed by atoms with Crippen molar-refractivity contribution >= 4 is 11.6 Å². The first-order valence-corrected chi connectivity index (χ1v) is 9.73. The van der Waals surface area contributed by atoms with Crippen molar-refractivity contribution in [3.63, 3.8) is 0 Å². The third kappa shape index (κ3) is 5.23. The van der Waals surface area contributed by atoms with Crippen molar-refractivity contribution in [3.8, 4) is 5.75 Å². The Kier molecular flexibility index (Phi) is 6.23. The van der Waals surface area contributed by atoms with Gasteiger partial charge in [0.1, 0.15) is 18.0 Å². The maximum atomic E-state index is 11.0. The topological polar surface area (TPSA) is 32.7 Å². The molecule has 2 aromatic rings. The minimum atomic E-state index is -0.821. The fraction of sp³-hybridized carbons (Fsp3) is 0.455. The molecule has 0 aliphatic carbocycles. The van der Waals surface area contributed by atoms with Crippen LogP contribution in [0.3, 0.4) is 0 Å². The first-order chi connectivity index (χ1) is 12.4. The number of hydrogen-bond acceptors (Lipinski definition) is 3. The van der Waals surface area contributed by atoms with E-state index in [4.69, 9.17) is 16.3 Å². The molecule has 0 aromatic heterocycles. The van der Waals surface area contributed by atoms with Gasteiger partial charge in [0.05, 0.1) is 0 Å². The number of likely N-dealkylation sites (tertiary alicyclic amines) is 1. The quantitative estimate of drug-likeness (QED) is 0.784. The summed E-state index contributed by atoms with van der Waals surface area (Å²) in [6.07, 6.45) is 1.73. The van der Waals surface area contributed by atoms with Gasteiger partial charge in [-0.3, -0.25) is 4.90 Å². The van der Waals surface area contributed by atoms with E-state index in [1.54, 1.807) is 6.07 Å². The van der Waals surface area contributed by atoms with Crippen LogP contribution in [0.2, 0.25) is 5.02 Å². The Bertz CT molecular complexity index is 716. The zero-order valence-corrected chi connectivity index (χ0v) is 16.4. The van der Waals surface area contributed by atoms with Crippen LogP contribution in [0.15, 0.2) is 48.5 Å². The molecule has 1 N–H and O–H groups in total. The lowest BCUT2D eigenvalue weighted by Gasteiger charge is -2.39. The van der Waals surface area contributed by atoms with Crippen molar-refractivity contribution in [3.05, 3.63) is 64.7 Å².